The Morgan fingerprint density at radius 2 is 1.97 bits per heavy atom. The number of hydrogen-bond acceptors (Lipinski definition) is 4. The molecule has 7 nitrogen and oxygen atoms in total. The van der Waals surface area contributed by atoms with Crippen molar-refractivity contribution in [1.29, 1.82) is 0 Å². The van der Waals surface area contributed by atoms with E-state index in [1.807, 2.05) is 0 Å². The zero-order valence-corrected chi connectivity index (χ0v) is 17.6. The van der Waals surface area contributed by atoms with Crippen molar-refractivity contribution in [2.75, 3.05) is 20.3 Å². The average molecular weight is 450 g/mol. The molecule has 2 aromatic heterocycles. The van der Waals surface area contributed by atoms with E-state index < -0.39 is 17.6 Å². The summed E-state index contributed by atoms with van der Waals surface area (Å²) in [5.74, 6) is -0.776. The number of fused-ring (bicyclic) bond motifs is 1. The molecule has 3 aromatic rings. The van der Waals surface area contributed by atoms with Crippen LogP contribution in [0.3, 0.4) is 0 Å². The molecule has 0 unspecified atom stereocenters. The molecule has 2 N–H and O–H groups in total. The van der Waals surface area contributed by atoms with E-state index in [9.17, 15) is 18.0 Å². The molecular formula is C22H25F3N4O3. The Morgan fingerprint density at radius 3 is 2.56 bits per heavy atom. The number of nitrogens with two attached hydrogens (primary N) is 1. The Labute approximate surface area is 182 Å². The maximum absolute atomic E-state index is 14.0. The van der Waals surface area contributed by atoms with E-state index in [1.54, 1.807) is 22.4 Å². The number of amides is 1. The van der Waals surface area contributed by atoms with E-state index in [2.05, 4.69) is 4.98 Å². The van der Waals surface area contributed by atoms with Crippen molar-refractivity contribution in [3.05, 3.63) is 48.2 Å². The first-order chi connectivity index (χ1) is 15.3. The van der Waals surface area contributed by atoms with Crippen molar-refractivity contribution in [3.63, 3.8) is 0 Å². The summed E-state index contributed by atoms with van der Waals surface area (Å²) in [6.45, 7) is 0.984. The van der Waals surface area contributed by atoms with Crippen molar-refractivity contribution in [1.82, 2.24) is 14.1 Å². The maximum Gasteiger partial charge on any atom is 0.418 e. The number of carbonyl (C=O) groups is 1. The number of halogens is 3. The second kappa shape index (κ2) is 8.95. The summed E-state index contributed by atoms with van der Waals surface area (Å²) >= 11 is 0. The van der Waals surface area contributed by atoms with Gasteiger partial charge in [0.15, 0.2) is 0 Å². The largest absolute Gasteiger partial charge is 0.418 e. The topological polar surface area (TPSA) is 84.3 Å². The minimum atomic E-state index is -4.58. The number of primary amides is 1. The molecule has 10 heteroatoms. The van der Waals surface area contributed by atoms with Crippen molar-refractivity contribution in [2.24, 2.45) is 5.73 Å². The van der Waals surface area contributed by atoms with Crippen LogP contribution in [-0.4, -0.2) is 46.5 Å². The third kappa shape index (κ3) is 4.37. The summed E-state index contributed by atoms with van der Waals surface area (Å²) in [5, 5.41) is -0.0454. The fourth-order valence-electron chi connectivity index (χ4n) is 4.43. The summed E-state index contributed by atoms with van der Waals surface area (Å²) in [7, 11) is 1.60. The number of benzene rings is 1. The normalized spacial score (nSPS) is 19.5. The first-order valence-corrected chi connectivity index (χ1v) is 10.4. The van der Waals surface area contributed by atoms with E-state index in [0.717, 1.165) is 6.20 Å². The zero-order chi connectivity index (χ0) is 22.9. The van der Waals surface area contributed by atoms with Crippen molar-refractivity contribution in [2.45, 2.75) is 44.0 Å². The second-order valence-electron chi connectivity index (χ2n) is 7.97. The third-order valence-corrected chi connectivity index (χ3v) is 5.96. The van der Waals surface area contributed by atoms with Crippen LogP contribution in [0.25, 0.3) is 16.6 Å². The van der Waals surface area contributed by atoms with Crippen molar-refractivity contribution in [3.8, 4) is 5.69 Å². The number of imidazole rings is 1. The van der Waals surface area contributed by atoms with Crippen LogP contribution in [0, 0.1) is 0 Å². The zero-order valence-electron chi connectivity index (χ0n) is 17.6. The van der Waals surface area contributed by atoms with Crippen LogP contribution in [0.15, 0.2) is 37.1 Å². The summed E-state index contributed by atoms with van der Waals surface area (Å²) in [4.78, 5) is 16.2. The second-order valence-corrected chi connectivity index (χ2v) is 7.97. The van der Waals surface area contributed by atoms with Crippen molar-refractivity contribution < 1.29 is 27.4 Å². The molecule has 1 aliphatic rings. The summed E-state index contributed by atoms with van der Waals surface area (Å²) in [6, 6.07) is 2.76. The molecule has 1 amide bonds. The van der Waals surface area contributed by atoms with Gasteiger partial charge >= 0.3 is 6.18 Å². The number of ether oxygens (including phenoxy) is 2. The van der Waals surface area contributed by atoms with Crippen LogP contribution in [0.5, 0.6) is 0 Å². The molecule has 172 valence electrons. The third-order valence-electron chi connectivity index (χ3n) is 5.96. The Kier molecular flexibility index (Phi) is 6.25. The summed E-state index contributed by atoms with van der Waals surface area (Å²) in [6.07, 6.45) is 3.87. The van der Waals surface area contributed by atoms with Crippen LogP contribution >= 0.6 is 0 Å². The van der Waals surface area contributed by atoms with E-state index in [1.165, 1.54) is 24.7 Å². The molecule has 0 spiro atoms. The monoisotopic (exact) mass is 450 g/mol. The minimum absolute atomic E-state index is 0.0454. The van der Waals surface area contributed by atoms with Gasteiger partial charge in [0.25, 0.3) is 5.91 Å². The average Bonchev–Trinajstić information content (AvgIpc) is 3.42. The quantitative estimate of drug-likeness (QED) is 0.550. The highest BCUT2D eigenvalue weighted by atomic mass is 19.4. The standard InChI is InChI=1S/C22H25F3N4O3/c1-31-8-9-32-16-4-2-14(3-5-16)29-12-19(22(23,24)25)17-10-15(28-7-6-27-13-28)11-18(20(17)29)21(26)30/h6-7,10-14,16H,2-5,8-9H2,1H3,(H2,26,30). The van der Waals surface area contributed by atoms with Crippen LogP contribution < -0.4 is 5.73 Å². The van der Waals surface area contributed by atoms with Crippen LogP contribution in [0.2, 0.25) is 0 Å². The molecule has 1 aliphatic carbocycles. The molecular weight excluding hydrogens is 425 g/mol. The molecule has 32 heavy (non-hydrogen) atoms. The van der Waals surface area contributed by atoms with E-state index in [0.29, 0.717) is 44.6 Å². The van der Waals surface area contributed by atoms with Gasteiger partial charge in [-0.25, -0.2) is 4.98 Å². The molecule has 0 atom stereocenters. The van der Waals surface area contributed by atoms with Gasteiger partial charge in [-0.1, -0.05) is 0 Å². The lowest BCUT2D eigenvalue weighted by Crippen LogP contribution is -2.25. The van der Waals surface area contributed by atoms with Crippen molar-refractivity contribution >= 4 is 16.8 Å². The van der Waals surface area contributed by atoms with Gasteiger partial charge in [-0.2, -0.15) is 13.2 Å². The lowest BCUT2D eigenvalue weighted by molar-refractivity contribution is -0.136. The number of alkyl halides is 3. The van der Waals surface area contributed by atoms with Gasteiger partial charge in [-0.15, -0.1) is 0 Å². The molecule has 2 heterocycles. The molecule has 0 aliphatic heterocycles. The number of hydrogen-bond donors (Lipinski definition) is 1. The maximum atomic E-state index is 14.0. The van der Waals surface area contributed by atoms with Crippen LogP contribution in [-0.2, 0) is 15.7 Å². The van der Waals surface area contributed by atoms with Gasteiger partial charge in [0.2, 0.25) is 0 Å². The Hall–Kier alpha value is -2.85. The Bertz CT molecular complexity index is 1080. The van der Waals surface area contributed by atoms with Crippen LogP contribution in [0.1, 0.15) is 47.6 Å². The molecule has 0 bridgehead atoms. The van der Waals surface area contributed by atoms with Crippen LogP contribution in [0.4, 0.5) is 13.2 Å². The number of carbonyl (C=O) groups excluding carboxylic acids is 1. The molecule has 1 saturated carbocycles. The lowest BCUT2D eigenvalue weighted by atomic mass is 9.92. The number of rotatable bonds is 7. The molecule has 1 fully saturated rings. The minimum Gasteiger partial charge on any atom is -0.382 e. The van der Waals surface area contributed by atoms with E-state index >= 15 is 0 Å². The lowest BCUT2D eigenvalue weighted by Gasteiger charge is -2.30. The first kappa shape index (κ1) is 22.3. The van der Waals surface area contributed by atoms with Gasteiger partial charge in [-0.3, -0.25) is 4.79 Å². The van der Waals surface area contributed by atoms with Gasteiger partial charge in [0.1, 0.15) is 0 Å². The smallest absolute Gasteiger partial charge is 0.382 e. The summed E-state index contributed by atoms with van der Waals surface area (Å²) in [5.41, 5.74) is 5.50. The highest BCUT2D eigenvalue weighted by molar-refractivity contribution is 6.07. The summed E-state index contributed by atoms with van der Waals surface area (Å²) < 4.78 is 55.8. The Morgan fingerprint density at radius 1 is 1.22 bits per heavy atom. The van der Waals surface area contributed by atoms with E-state index in [-0.39, 0.29) is 28.6 Å². The van der Waals surface area contributed by atoms with Gasteiger partial charge in [0, 0.05) is 42.8 Å². The molecule has 4 rings (SSSR count). The fourth-order valence-corrected chi connectivity index (χ4v) is 4.43. The predicted octanol–water partition coefficient (Wildman–Crippen LogP) is 4.09. The number of aromatic nitrogens is 3. The molecule has 0 radical (unpaired) electrons. The predicted molar refractivity (Wildman–Crippen MR) is 112 cm³/mol. The number of nitrogens with zero attached hydrogens (tertiary/aromatic N) is 3. The molecule has 1 aromatic carbocycles. The van der Waals surface area contributed by atoms with Gasteiger partial charge in [-0.05, 0) is 37.8 Å². The highest BCUT2D eigenvalue weighted by Gasteiger charge is 2.37. The Balaban J connectivity index is 1.76. The van der Waals surface area contributed by atoms with E-state index in [4.69, 9.17) is 15.2 Å². The fraction of sp³-hybridized carbons (Fsp3) is 0.455. The number of methoxy groups -OCH3 is 1. The van der Waals surface area contributed by atoms with Gasteiger partial charge in [0.05, 0.1) is 42.3 Å². The first-order valence-electron chi connectivity index (χ1n) is 10.4. The molecule has 0 saturated heterocycles. The highest BCUT2D eigenvalue weighted by Crippen LogP contribution is 2.42. The SMILES string of the molecule is COCCOC1CCC(n2cc(C(F)(F)F)c3cc(-n4ccnc4)cc(C(N)=O)c32)CC1. The van der Waals surface area contributed by atoms with Gasteiger partial charge < -0.3 is 24.3 Å².